The fourth-order valence-corrected chi connectivity index (χ4v) is 4.15. The van der Waals surface area contributed by atoms with E-state index in [1.807, 2.05) is 25.4 Å². The summed E-state index contributed by atoms with van der Waals surface area (Å²) in [4.78, 5) is 12.4. The van der Waals surface area contributed by atoms with E-state index in [4.69, 9.17) is 4.74 Å². The third-order valence-electron chi connectivity index (χ3n) is 4.71. The zero-order chi connectivity index (χ0) is 18.1. The molecule has 1 aliphatic heterocycles. The molecule has 1 aliphatic rings. The second kappa shape index (κ2) is 7.17. The van der Waals surface area contributed by atoms with Crippen molar-refractivity contribution in [1.29, 1.82) is 0 Å². The predicted molar refractivity (Wildman–Crippen MR) is 102 cm³/mol. The zero-order valence-corrected chi connectivity index (χ0v) is 15.6. The average Bonchev–Trinajstić information content (AvgIpc) is 3.21. The number of halogens is 1. The van der Waals surface area contributed by atoms with Gasteiger partial charge in [-0.25, -0.2) is 14.4 Å². The highest BCUT2D eigenvalue weighted by atomic mass is 32.1. The number of thiazole rings is 1. The van der Waals surface area contributed by atoms with Crippen LogP contribution in [0.1, 0.15) is 18.2 Å². The van der Waals surface area contributed by atoms with E-state index in [2.05, 4.69) is 27.1 Å². The van der Waals surface area contributed by atoms with Crippen LogP contribution in [0.3, 0.4) is 0 Å². The Morgan fingerprint density at radius 2 is 2.19 bits per heavy atom. The second-order valence-corrected chi connectivity index (χ2v) is 7.74. The lowest BCUT2D eigenvalue weighted by atomic mass is 10.2. The van der Waals surface area contributed by atoms with Gasteiger partial charge in [0.25, 0.3) is 0 Å². The topological polar surface area (TPSA) is 50.3 Å². The molecule has 3 heterocycles. The molecule has 1 aromatic carbocycles. The summed E-state index contributed by atoms with van der Waals surface area (Å²) >= 11 is 1.68. The molecule has 1 fully saturated rings. The quantitative estimate of drug-likeness (QED) is 0.736. The van der Waals surface area contributed by atoms with Crippen molar-refractivity contribution >= 4 is 27.4 Å². The fourth-order valence-electron chi connectivity index (χ4n) is 3.36. The number of nitrogens with one attached hydrogen (secondary N) is 1. The van der Waals surface area contributed by atoms with Crippen LogP contribution in [-0.4, -0.2) is 40.6 Å². The van der Waals surface area contributed by atoms with E-state index < -0.39 is 0 Å². The van der Waals surface area contributed by atoms with Gasteiger partial charge in [0.2, 0.25) is 5.88 Å². The summed E-state index contributed by atoms with van der Waals surface area (Å²) in [7, 11) is 1.88. The Hall–Kier alpha value is -2.25. The van der Waals surface area contributed by atoms with E-state index in [1.165, 1.54) is 17.0 Å². The van der Waals surface area contributed by atoms with Crippen LogP contribution >= 0.6 is 11.3 Å². The normalized spacial score (nSPS) is 20.6. The third-order valence-corrected chi connectivity index (χ3v) is 5.71. The Balaban J connectivity index is 1.42. The van der Waals surface area contributed by atoms with Gasteiger partial charge in [-0.3, -0.25) is 4.90 Å². The van der Waals surface area contributed by atoms with Crippen molar-refractivity contribution in [2.24, 2.45) is 0 Å². The first-order chi connectivity index (χ1) is 12.6. The predicted octanol–water partition coefficient (Wildman–Crippen LogP) is 3.91. The molecule has 2 aromatic heterocycles. The Morgan fingerprint density at radius 3 is 3.00 bits per heavy atom. The van der Waals surface area contributed by atoms with E-state index in [1.54, 1.807) is 17.4 Å². The Bertz CT molecular complexity index is 915. The van der Waals surface area contributed by atoms with Crippen LogP contribution in [0.25, 0.3) is 10.9 Å². The highest BCUT2D eigenvalue weighted by molar-refractivity contribution is 7.15. The van der Waals surface area contributed by atoms with Gasteiger partial charge in [-0.1, -0.05) is 0 Å². The summed E-state index contributed by atoms with van der Waals surface area (Å²) in [6, 6.07) is 8.82. The molecule has 1 saturated heterocycles. The molecule has 2 unspecified atom stereocenters. The summed E-state index contributed by atoms with van der Waals surface area (Å²) in [6.45, 7) is 3.93. The first kappa shape index (κ1) is 17.2. The molecular weight excluding hydrogens is 351 g/mol. The van der Waals surface area contributed by atoms with E-state index >= 15 is 0 Å². The van der Waals surface area contributed by atoms with Crippen molar-refractivity contribution in [2.45, 2.75) is 32.0 Å². The molecule has 5 nitrogen and oxygen atoms in total. The lowest BCUT2D eigenvalue weighted by Gasteiger charge is -2.19. The van der Waals surface area contributed by atoms with Gasteiger partial charge in [-0.15, -0.1) is 11.3 Å². The third kappa shape index (κ3) is 3.64. The summed E-state index contributed by atoms with van der Waals surface area (Å²) in [5, 5.41) is 4.92. The number of nitrogens with zero attached hydrogens (tertiary/aromatic N) is 3. The highest BCUT2D eigenvalue weighted by Gasteiger charge is 2.31. The molecule has 4 rings (SSSR count). The molecule has 0 aliphatic carbocycles. The number of hydrogen-bond acceptors (Lipinski definition) is 6. The maximum atomic E-state index is 13.4. The van der Waals surface area contributed by atoms with Gasteiger partial charge >= 0.3 is 0 Å². The molecule has 136 valence electrons. The summed E-state index contributed by atoms with van der Waals surface area (Å²) < 4.78 is 19.5. The minimum Gasteiger partial charge on any atom is -0.473 e. The Morgan fingerprint density at radius 1 is 1.35 bits per heavy atom. The first-order valence-electron chi connectivity index (χ1n) is 8.70. The SMILES string of the molecule is CNc1ncc(CN2CC(Oc3ccc4ccc(F)cc4n3)CC2C)s1. The standard InChI is InChI=1S/C19H21FN4OS/c1-12-7-15(10-24(12)11-16-9-22-19(21-2)26-16)25-18-6-4-13-3-5-14(20)8-17(13)23-18/h3-6,8-9,12,15H,7,10-11H2,1-2H3,(H,21,22). The monoisotopic (exact) mass is 372 g/mol. The number of likely N-dealkylation sites (tertiary alicyclic amines) is 1. The summed E-state index contributed by atoms with van der Waals surface area (Å²) in [5.41, 5.74) is 0.620. The minimum absolute atomic E-state index is 0.0835. The van der Waals surface area contributed by atoms with Gasteiger partial charge in [-0.2, -0.15) is 0 Å². The Labute approximate surface area is 155 Å². The van der Waals surface area contributed by atoms with Crippen LogP contribution in [0.15, 0.2) is 36.5 Å². The number of ether oxygens (including phenoxy) is 1. The number of benzene rings is 1. The lowest BCUT2D eigenvalue weighted by Crippen LogP contribution is -2.27. The molecule has 0 amide bonds. The highest BCUT2D eigenvalue weighted by Crippen LogP contribution is 2.27. The van der Waals surface area contributed by atoms with Crippen molar-refractivity contribution in [1.82, 2.24) is 14.9 Å². The lowest BCUT2D eigenvalue weighted by molar-refractivity contribution is 0.189. The van der Waals surface area contributed by atoms with Crippen molar-refractivity contribution in [2.75, 3.05) is 18.9 Å². The van der Waals surface area contributed by atoms with Crippen LogP contribution in [0.2, 0.25) is 0 Å². The van der Waals surface area contributed by atoms with Crippen molar-refractivity contribution in [3.8, 4) is 5.88 Å². The molecule has 2 atom stereocenters. The number of rotatable bonds is 5. The smallest absolute Gasteiger partial charge is 0.214 e. The maximum absolute atomic E-state index is 13.4. The van der Waals surface area contributed by atoms with E-state index in [-0.39, 0.29) is 11.9 Å². The van der Waals surface area contributed by atoms with Crippen LogP contribution in [0.4, 0.5) is 9.52 Å². The first-order valence-corrected chi connectivity index (χ1v) is 9.52. The molecule has 26 heavy (non-hydrogen) atoms. The summed E-state index contributed by atoms with van der Waals surface area (Å²) in [6.07, 6.45) is 2.96. The Kier molecular flexibility index (Phi) is 4.74. The molecular formula is C19H21FN4OS. The number of aromatic nitrogens is 2. The number of fused-ring (bicyclic) bond motifs is 1. The van der Waals surface area contributed by atoms with Gasteiger partial charge in [0.1, 0.15) is 11.9 Å². The molecule has 0 radical (unpaired) electrons. The fraction of sp³-hybridized carbons (Fsp3) is 0.368. The van der Waals surface area contributed by atoms with Gasteiger partial charge in [0.15, 0.2) is 5.13 Å². The van der Waals surface area contributed by atoms with Crippen LogP contribution in [-0.2, 0) is 6.54 Å². The largest absolute Gasteiger partial charge is 0.473 e. The van der Waals surface area contributed by atoms with Gasteiger partial charge < -0.3 is 10.1 Å². The molecule has 3 aromatic rings. The van der Waals surface area contributed by atoms with E-state index in [0.29, 0.717) is 17.4 Å². The average molecular weight is 372 g/mol. The van der Waals surface area contributed by atoms with Crippen LogP contribution in [0.5, 0.6) is 5.88 Å². The summed E-state index contributed by atoms with van der Waals surface area (Å²) in [5.74, 6) is 0.269. The van der Waals surface area contributed by atoms with Gasteiger partial charge in [0, 0.05) is 61.2 Å². The van der Waals surface area contributed by atoms with E-state index in [0.717, 1.165) is 30.0 Å². The molecule has 1 N–H and O–H groups in total. The number of hydrogen-bond donors (Lipinski definition) is 1. The number of anilines is 1. The molecule has 0 bridgehead atoms. The molecule has 0 spiro atoms. The van der Waals surface area contributed by atoms with Crippen molar-refractivity contribution in [3.05, 3.63) is 47.2 Å². The van der Waals surface area contributed by atoms with Gasteiger partial charge in [-0.05, 0) is 25.1 Å². The van der Waals surface area contributed by atoms with E-state index in [9.17, 15) is 4.39 Å². The molecule has 7 heteroatoms. The molecule has 0 saturated carbocycles. The van der Waals surface area contributed by atoms with Crippen LogP contribution in [0, 0.1) is 5.82 Å². The maximum Gasteiger partial charge on any atom is 0.214 e. The van der Waals surface area contributed by atoms with Crippen LogP contribution < -0.4 is 10.1 Å². The van der Waals surface area contributed by atoms with Gasteiger partial charge in [0.05, 0.1) is 5.52 Å². The second-order valence-electron chi connectivity index (χ2n) is 6.62. The minimum atomic E-state index is -0.284. The number of pyridine rings is 1. The zero-order valence-electron chi connectivity index (χ0n) is 14.8. The van der Waals surface area contributed by atoms with Crippen molar-refractivity contribution < 1.29 is 9.13 Å². The van der Waals surface area contributed by atoms with Crippen molar-refractivity contribution in [3.63, 3.8) is 0 Å².